The summed E-state index contributed by atoms with van der Waals surface area (Å²) in [7, 11) is 0. The van der Waals surface area contributed by atoms with Crippen molar-refractivity contribution in [3.8, 4) is 22.5 Å². The highest BCUT2D eigenvalue weighted by molar-refractivity contribution is 7.26. The lowest BCUT2D eigenvalue weighted by atomic mass is 10.1. The second-order valence-electron chi connectivity index (χ2n) is 12.4. The van der Waals surface area contributed by atoms with E-state index in [0.29, 0.717) is 11.0 Å². The summed E-state index contributed by atoms with van der Waals surface area (Å²) in [6, 6.07) is 64.8. The molecule has 0 N–H and O–H groups in total. The van der Waals surface area contributed by atoms with Crippen LogP contribution < -0.4 is 9.80 Å². The zero-order chi connectivity index (χ0) is 34.9. The van der Waals surface area contributed by atoms with E-state index >= 15 is 0 Å². The molecule has 9 rings (SSSR count). The molecule has 0 bridgehead atoms. The third-order valence-corrected chi connectivity index (χ3v) is 10.5. The van der Waals surface area contributed by atoms with Crippen LogP contribution in [-0.4, -0.2) is 9.97 Å². The van der Waals surface area contributed by atoms with E-state index in [4.69, 9.17) is 21.6 Å². The van der Waals surface area contributed by atoms with E-state index in [0.717, 1.165) is 51.0 Å². The molecule has 248 valence electrons. The van der Waals surface area contributed by atoms with Gasteiger partial charge in [0, 0.05) is 43.0 Å². The first-order valence-electron chi connectivity index (χ1n) is 17.1. The maximum atomic E-state index is 6.67. The molecule has 0 unspecified atom stereocenters. The van der Waals surface area contributed by atoms with E-state index in [1.54, 1.807) is 0 Å². The fraction of sp³-hybridized carbons (Fsp3) is 0. The molecule has 0 spiro atoms. The number of rotatable bonds is 8. The van der Waals surface area contributed by atoms with Crippen molar-refractivity contribution in [3.05, 3.63) is 193 Å². The SMILES string of the molecule is Clc1cccc(N(c2cccc(N(c3ccccc3)c3cccc4c3sc3ccccc34)c2)c2nc(-c3ccccc3)cc(-c3ccccc3)n2)c1. The van der Waals surface area contributed by atoms with Crippen LogP contribution in [0.5, 0.6) is 0 Å². The number of benzene rings is 7. The molecule has 6 heteroatoms. The van der Waals surface area contributed by atoms with Gasteiger partial charge in [0.25, 0.3) is 0 Å². The topological polar surface area (TPSA) is 32.3 Å². The molecule has 0 aliphatic heterocycles. The normalized spacial score (nSPS) is 11.2. The Morgan fingerprint density at radius 2 is 0.942 bits per heavy atom. The molecule has 2 aromatic heterocycles. The fourth-order valence-electron chi connectivity index (χ4n) is 6.73. The number of para-hydroxylation sites is 1. The number of anilines is 6. The van der Waals surface area contributed by atoms with Crippen LogP contribution in [0.4, 0.5) is 34.4 Å². The van der Waals surface area contributed by atoms with E-state index in [9.17, 15) is 0 Å². The number of thiophene rings is 1. The Kier molecular flexibility index (Phi) is 8.41. The predicted octanol–water partition coefficient (Wildman–Crippen LogP) is 13.8. The molecule has 0 saturated heterocycles. The summed E-state index contributed by atoms with van der Waals surface area (Å²) in [4.78, 5) is 14.9. The average molecular weight is 707 g/mol. The van der Waals surface area contributed by atoms with Crippen LogP contribution in [0.1, 0.15) is 0 Å². The van der Waals surface area contributed by atoms with Crippen LogP contribution >= 0.6 is 22.9 Å². The van der Waals surface area contributed by atoms with Gasteiger partial charge >= 0.3 is 0 Å². The van der Waals surface area contributed by atoms with Crippen LogP contribution in [0.2, 0.25) is 5.02 Å². The van der Waals surface area contributed by atoms with Crippen molar-refractivity contribution in [3.63, 3.8) is 0 Å². The Bertz CT molecular complexity index is 2600. The number of aromatic nitrogens is 2. The zero-order valence-electron chi connectivity index (χ0n) is 28.0. The summed E-state index contributed by atoms with van der Waals surface area (Å²) in [5.41, 5.74) is 8.61. The summed E-state index contributed by atoms with van der Waals surface area (Å²) in [6.07, 6.45) is 0. The van der Waals surface area contributed by atoms with E-state index in [1.807, 2.05) is 72.0 Å². The van der Waals surface area contributed by atoms with Crippen LogP contribution in [0, 0.1) is 0 Å². The van der Waals surface area contributed by atoms with Gasteiger partial charge in [-0.05, 0) is 66.7 Å². The van der Waals surface area contributed by atoms with Crippen LogP contribution in [-0.2, 0) is 0 Å². The lowest BCUT2D eigenvalue weighted by molar-refractivity contribution is 1.09. The first-order valence-corrected chi connectivity index (χ1v) is 18.3. The van der Waals surface area contributed by atoms with Gasteiger partial charge in [0.05, 0.1) is 33.1 Å². The highest BCUT2D eigenvalue weighted by atomic mass is 35.5. The molecule has 2 heterocycles. The maximum Gasteiger partial charge on any atom is 0.235 e. The van der Waals surface area contributed by atoms with Crippen molar-refractivity contribution in [2.45, 2.75) is 0 Å². The van der Waals surface area contributed by atoms with Crippen molar-refractivity contribution in [1.82, 2.24) is 9.97 Å². The van der Waals surface area contributed by atoms with E-state index in [-0.39, 0.29) is 0 Å². The first-order chi connectivity index (χ1) is 25.7. The Morgan fingerprint density at radius 3 is 1.62 bits per heavy atom. The molecular weight excluding hydrogens is 676 g/mol. The van der Waals surface area contributed by atoms with Gasteiger partial charge < -0.3 is 4.90 Å². The summed E-state index contributed by atoms with van der Waals surface area (Å²) in [6.45, 7) is 0. The number of nitrogens with zero attached hydrogens (tertiary/aromatic N) is 4. The van der Waals surface area contributed by atoms with Crippen molar-refractivity contribution < 1.29 is 0 Å². The van der Waals surface area contributed by atoms with Gasteiger partial charge in [0.15, 0.2) is 0 Å². The van der Waals surface area contributed by atoms with Gasteiger partial charge in [0.2, 0.25) is 5.95 Å². The summed E-state index contributed by atoms with van der Waals surface area (Å²) >= 11 is 8.50. The van der Waals surface area contributed by atoms with E-state index < -0.39 is 0 Å². The Hall–Kier alpha value is -6.27. The highest BCUT2D eigenvalue weighted by Gasteiger charge is 2.22. The fourth-order valence-corrected chi connectivity index (χ4v) is 8.12. The third-order valence-electron chi connectivity index (χ3n) is 9.10. The van der Waals surface area contributed by atoms with Crippen molar-refractivity contribution in [2.75, 3.05) is 9.80 Å². The third kappa shape index (κ3) is 6.07. The Balaban J connectivity index is 1.26. The quantitative estimate of drug-likeness (QED) is 0.157. The molecule has 9 aromatic rings. The van der Waals surface area contributed by atoms with Crippen molar-refractivity contribution in [1.29, 1.82) is 0 Å². The number of fused-ring (bicyclic) bond motifs is 3. The minimum atomic E-state index is 0.539. The van der Waals surface area contributed by atoms with Crippen LogP contribution in [0.3, 0.4) is 0 Å². The first kappa shape index (κ1) is 31.7. The summed E-state index contributed by atoms with van der Waals surface area (Å²) < 4.78 is 2.50. The molecule has 0 saturated carbocycles. The van der Waals surface area contributed by atoms with Crippen molar-refractivity contribution in [2.24, 2.45) is 0 Å². The minimum Gasteiger partial charge on any atom is -0.309 e. The Labute approximate surface area is 311 Å². The molecule has 4 nitrogen and oxygen atoms in total. The second kappa shape index (κ2) is 13.8. The molecule has 0 radical (unpaired) electrons. The number of hydrogen-bond donors (Lipinski definition) is 0. The van der Waals surface area contributed by atoms with Crippen LogP contribution in [0.15, 0.2) is 188 Å². The molecular formula is C46H31ClN4S. The van der Waals surface area contributed by atoms with Gasteiger partial charge in [-0.25, -0.2) is 9.97 Å². The number of hydrogen-bond acceptors (Lipinski definition) is 5. The summed E-state index contributed by atoms with van der Waals surface area (Å²) in [5, 5.41) is 3.14. The van der Waals surface area contributed by atoms with E-state index in [1.165, 1.54) is 20.2 Å². The van der Waals surface area contributed by atoms with Crippen molar-refractivity contribution >= 4 is 77.5 Å². The Morgan fingerprint density at radius 1 is 0.423 bits per heavy atom. The molecule has 0 fully saturated rings. The highest BCUT2D eigenvalue weighted by Crippen LogP contribution is 2.46. The smallest absolute Gasteiger partial charge is 0.235 e. The number of halogens is 1. The molecule has 7 aromatic carbocycles. The summed E-state index contributed by atoms with van der Waals surface area (Å²) in [5.74, 6) is 0.539. The average Bonchev–Trinajstić information content (AvgIpc) is 3.59. The maximum absolute atomic E-state index is 6.67. The van der Waals surface area contributed by atoms with Gasteiger partial charge in [-0.3, -0.25) is 4.90 Å². The lowest BCUT2D eigenvalue weighted by Crippen LogP contribution is -2.16. The van der Waals surface area contributed by atoms with Gasteiger partial charge in [-0.15, -0.1) is 11.3 Å². The van der Waals surface area contributed by atoms with Gasteiger partial charge in [-0.2, -0.15) is 0 Å². The largest absolute Gasteiger partial charge is 0.309 e. The second-order valence-corrected chi connectivity index (χ2v) is 13.9. The lowest BCUT2D eigenvalue weighted by Gasteiger charge is -2.29. The van der Waals surface area contributed by atoms with Gasteiger partial charge in [0.1, 0.15) is 0 Å². The molecule has 0 atom stereocenters. The molecule has 0 amide bonds. The molecule has 52 heavy (non-hydrogen) atoms. The predicted molar refractivity (Wildman–Crippen MR) is 220 cm³/mol. The van der Waals surface area contributed by atoms with E-state index in [2.05, 4.69) is 137 Å². The van der Waals surface area contributed by atoms with Crippen LogP contribution in [0.25, 0.3) is 42.7 Å². The standard InChI is InChI=1S/C46H31ClN4S/c47-34-19-12-22-36(29-34)51(46-48-41(32-15-4-1-5-16-32)31-42(49-46)33-17-6-2-7-18-33)38-24-13-23-37(30-38)50(35-20-8-3-9-21-35)43-27-14-26-40-39-25-10-11-28-44(39)52-45(40)43/h1-31H. The minimum absolute atomic E-state index is 0.539. The zero-order valence-corrected chi connectivity index (χ0v) is 29.5. The van der Waals surface area contributed by atoms with Gasteiger partial charge in [-0.1, -0.05) is 133 Å². The monoisotopic (exact) mass is 706 g/mol. The molecule has 0 aliphatic carbocycles. The molecule has 0 aliphatic rings.